The molecule has 0 aliphatic carbocycles. The Bertz CT molecular complexity index is 968. The Morgan fingerprint density at radius 1 is 1.27 bits per heavy atom. The first kappa shape index (κ1) is 21.5. The molecular weight excluding hydrogens is 388 g/mol. The third-order valence-electron chi connectivity index (χ3n) is 4.81. The molecule has 1 unspecified atom stereocenters. The molecule has 0 fully saturated rings. The topological polar surface area (TPSA) is 103 Å². The van der Waals surface area contributed by atoms with Gasteiger partial charge in [-0.1, -0.05) is 6.92 Å². The molecule has 0 radical (unpaired) electrons. The first-order chi connectivity index (χ1) is 14.3. The van der Waals surface area contributed by atoms with Crippen LogP contribution < -0.4 is 15.0 Å². The van der Waals surface area contributed by atoms with E-state index < -0.39 is 6.10 Å². The number of aromatic nitrogens is 2. The van der Waals surface area contributed by atoms with Crippen molar-refractivity contribution >= 4 is 23.4 Å². The van der Waals surface area contributed by atoms with E-state index in [9.17, 15) is 14.4 Å². The van der Waals surface area contributed by atoms with Crippen LogP contribution in [-0.2, 0) is 14.3 Å². The minimum Gasteiger partial charge on any atom is -0.478 e. The number of nitrogens with one attached hydrogen (secondary N) is 1. The van der Waals surface area contributed by atoms with E-state index in [1.807, 2.05) is 19.9 Å². The van der Waals surface area contributed by atoms with Crippen molar-refractivity contribution in [2.45, 2.75) is 33.3 Å². The molecule has 2 amide bonds. The van der Waals surface area contributed by atoms with Crippen molar-refractivity contribution < 1.29 is 23.9 Å². The molecule has 1 aromatic carbocycles. The van der Waals surface area contributed by atoms with Crippen LogP contribution in [0.4, 0.5) is 5.69 Å². The molecule has 160 valence electrons. The number of hydrogen-bond donors (Lipinski definition) is 1. The summed E-state index contributed by atoms with van der Waals surface area (Å²) in [6.07, 6.45) is -0.214. The fraction of sp³-hybridized carbons (Fsp3) is 0.429. The highest BCUT2D eigenvalue weighted by atomic mass is 16.5. The molecule has 9 heteroatoms. The monoisotopic (exact) mass is 414 g/mol. The van der Waals surface area contributed by atoms with Crippen LogP contribution in [0.1, 0.15) is 35.1 Å². The van der Waals surface area contributed by atoms with Crippen molar-refractivity contribution in [2.75, 3.05) is 31.7 Å². The number of methoxy groups -OCH3 is 1. The van der Waals surface area contributed by atoms with Gasteiger partial charge in [0.25, 0.3) is 11.8 Å². The van der Waals surface area contributed by atoms with Gasteiger partial charge in [-0.05, 0) is 44.5 Å². The Balaban J connectivity index is 1.92. The van der Waals surface area contributed by atoms with E-state index in [1.54, 1.807) is 32.2 Å². The first-order valence-electron chi connectivity index (χ1n) is 9.81. The van der Waals surface area contributed by atoms with E-state index >= 15 is 0 Å². The second kappa shape index (κ2) is 9.08. The molecule has 3 rings (SSSR count). The number of hydrogen-bond acceptors (Lipinski definition) is 6. The van der Waals surface area contributed by atoms with Crippen LogP contribution in [0.2, 0.25) is 0 Å². The molecule has 1 aliphatic rings. The molecule has 0 saturated carbocycles. The van der Waals surface area contributed by atoms with Crippen LogP contribution in [0.3, 0.4) is 0 Å². The average molecular weight is 414 g/mol. The standard InChI is InChI=1S/C21H26N4O5/c1-5-17-21(28)24(12-19(26)22-8-9-29-4)16-11-15(6-7-18(16)30-17)20(27)25-14(3)10-13(2)23-25/h6-7,10-11,17H,5,8-9,12H2,1-4H3,(H,22,26). The second-order valence-corrected chi connectivity index (χ2v) is 7.11. The summed E-state index contributed by atoms with van der Waals surface area (Å²) in [6, 6.07) is 6.67. The molecular formula is C21H26N4O5. The van der Waals surface area contributed by atoms with E-state index in [0.717, 1.165) is 5.69 Å². The second-order valence-electron chi connectivity index (χ2n) is 7.11. The third-order valence-corrected chi connectivity index (χ3v) is 4.81. The largest absolute Gasteiger partial charge is 0.478 e. The normalized spacial score (nSPS) is 15.5. The minimum atomic E-state index is -0.679. The average Bonchev–Trinajstić information content (AvgIpc) is 3.07. The Hall–Kier alpha value is -3.20. The number of carbonyl (C=O) groups excluding carboxylic acids is 3. The SMILES string of the molecule is CCC1Oc2ccc(C(=O)n3nc(C)cc3C)cc2N(CC(=O)NCCOC)C1=O. The Morgan fingerprint density at radius 3 is 2.67 bits per heavy atom. The molecule has 9 nitrogen and oxygen atoms in total. The van der Waals surface area contributed by atoms with Gasteiger partial charge in [-0.25, -0.2) is 4.68 Å². The van der Waals surface area contributed by atoms with Crippen LogP contribution in [0.5, 0.6) is 5.75 Å². The lowest BCUT2D eigenvalue weighted by atomic mass is 10.1. The maximum absolute atomic E-state index is 12.9. The smallest absolute Gasteiger partial charge is 0.278 e. The van der Waals surface area contributed by atoms with Gasteiger partial charge in [-0.3, -0.25) is 19.3 Å². The zero-order chi connectivity index (χ0) is 21.8. The van der Waals surface area contributed by atoms with Gasteiger partial charge in [-0.2, -0.15) is 5.10 Å². The third kappa shape index (κ3) is 4.35. The van der Waals surface area contributed by atoms with Gasteiger partial charge in [0.05, 0.1) is 18.0 Å². The number of ether oxygens (including phenoxy) is 2. The lowest BCUT2D eigenvalue weighted by molar-refractivity contribution is -0.129. The Labute approximate surface area is 174 Å². The maximum atomic E-state index is 12.9. The summed E-state index contributed by atoms with van der Waals surface area (Å²) < 4.78 is 12.0. The number of benzene rings is 1. The van der Waals surface area contributed by atoms with E-state index in [1.165, 1.54) is 9.58 Å². The number of fused-ring (bicyclic) bond motifs is 1. The summed E-state index contributed by atoms with van der Waals surface area (Å²) in [5.74, 6) is -0.505. The molecule has 1 aromatic heterocycles. The summed E-state index contributed by atoms with van der Waals surface area (Å²) in [4.78, 5) is 39.5. The molecule has 1 atom stereocenters. The van der Waals surface area contributed by atoms with Crippen LogP contribution in [0.25, 0.3) is 0 Å². The highest BCUT2D eigenvalue weighted by molar-refractivity contribution is 6.05. The van der Waals surface area contributed by atoms with Crippen molar-refractivity contribution in [3.63, 3.8) is 0 Å². The van der Waals surface area contributed by atoms with Gasteiger partial charge in [-0.15, -0.1) is 0 Å². The molecule has 1 N–H and O–H groups in total. The molecule has 0 spiro atoms. The van der Waals surface area contributed by atoms with Crippen LogP contribution in [0, 0.1) is 13.8 Å². The molecule has 2 heterocycles. The fourth-order valence-electron chi connectivity index (χ4n) is 3.33. The maximum Gasteiger partial charge on any atom is 0.278 e. The van der Waals surface area contributed by atoms with Crippen molar-refractivity contribution in [3.05, 3.63) is 41.2 Å². The molecule has 2 aromatic rings. The molecule has 0 saturated heterocycles. The van der Waals surface area contributed by atoms with Crippen molar-refractivity contribution in [1.82, 2.24) is 15.1 Å². The van der Waals surface area contributed by atoms with Gasteiger partial charge >= 0.3 is 0 Å². The predicted octanol–water partition coefficient (Wildman–Crippen LogP) is 1.46. The quantitative estimate of drug-likeness (QED) is 0.688. The number of nitrogens with zero attached hydrogens (tertiary/aromatic N) is 3. The fourth-order valence-corrected chi connectivity index (χ4v) is 3.33. The van der Waals surface area contributed by atoms with Gasteiger partial charge in [0.15, 0.2) is 6.10 Å². The van der Waals surface area contributed by atoms with Crippen molar-refractivity contribution in [3.8, 4) is 5.75 Å². The molecule has 0 bridgehead atoms. The van der Waals surface area contributed by atoms with Crippen LogP contribution >= 0.6 is 0 Å². The summed E-state index contributed by atoms with van der Waals surface area (Å²) in [6.45, 7) is 5.99. The van der Waals surface area contributed by atoms with Gasteiger partial charge in [0.2, 0.25) is 5.91 Å². The summed E-state index contributed by atoms with van der Waals surface area (Å²) in [7, 11) is 1.54. The number of rotatable bonds is 7. The first-order valence-corrected chi connectivity index (χ1v) is 9.81. The zero-order valence-corrected chi connectivity index (χ0v) is 17.6. The molecule has 1 aliphatic heterocycles. The number of carbonyl (C=O) groups is 3. The molecule has 30 heavy (non-hydrogen) atoms. The van der Waals surface area contributed by atoms with Crippen molar-refractivity contribution in [2.24, 2.45) is 0 Å². The van der Waals surface area contributed by atoms with Crippen LogP contribution in [-0.4, -0.2) is 60.4 Å². The number of aryl methyl sites for hydroxylation is 2. The minimum absolute atomic E-state index is 0.174. The summed E-state index contributed by atoms with van der Waals surface area (Å²) in [5.41, 5.74) is 2.18. The number of amides is 2. The van der Waals surface area contributed by atoms with E-state index in [4.69, 9.17) is 9.47 Å². The van der Waals surface area contributed by atoms with E-state index in [0.29, 0.717) is 42.3 Å². The number of anilines is 1. The van der Waals surface area contributed by atoms with Crippen LogP contribution in [0.15, 0.2) is 24.3 Å². The Morgan fingerprint density at radius 2 is 2.03 bits per heavy atom. The van der Waals surface area contributed by atoms with E-state index in [2.05, 4.69) is 10.4 Å². The zero-order valence-electron chi connectivity index (χ0n) is 17.6. The lowest BCUT2D eigenvalue weighted by Gasteiger charge is -2.34. The summed E-state index contributed by atoms with van der Waals surface area (Å²) in [5, 5.41) is 6.94. The van der Waals surface area contributed by atoms with E-state index in [-0.39, 0.29) is 24.3 Å². The Kier molecular flexibility index (Phi) is 6.51. The van der Waals surface area contributed by atoms with Crippen molar-refractivity contribution in [1.29, 1.82) is 0 Å². The highest BCUT2D eigenvalue weighted by Crippen LogP contribution is 2.35. The van der Waals surface area contributed by atoms with Gasteiger partial charge in [0.1, 0.15) is 12.3 Å². The van der Waals surface area contributed by atoms with Gasteiger partial charge in [0, 0.05) is 24.9 Å². The van der Waals surface area contributed by atoms with Gasteiger partial charge < -0.3 is 14.8 Å². The predicted molar refractivity (Wildman–Crippen MR) is 110 cm³/mol. The summed E-state index contributed by atoms with van der Waals surface area (Å²) >= 11 is 0. The highest BCUT2D eigenvalue weighted by Gasteiger charge is 2.35. The lowest BCUT2D eigenvalue weighted by Crippen LogP contribution is -2.50.